The highest BCUT2D eigenvalue weighted by Gasteiger charge is 2.32. The second kappa shape index (κ2) is 7.90. The molecule has 1 fully saturated rings. The van der Waals surface area contributed by atoms with Crippen LogP contribution in [0.15, 0.2) is 23.4 Å². The summed E-state index contributed by atoms with van der Waals surface area (Å²) in [7, 11) is -1.45. The minimum atomic E-state index is -1.45. The van der Waals surface area contributed by atoms with Crippen molar-refractivity contribution in [1.29, 1.82) is 0 Å². The summed E-state index contributed by atoms with van der Waals surface area (Å²) in [6.45, 7) is 6.00. The number of pyridine rings is 1. The monoisotopic (exact) mass is 369 g/mol. The van der Waals surface area contributed by atoms with Crippen LogP contribution in [-0.2, 0) is 15.5 Å². The summed E-state index contributed by atoms with van der Waals surface area (Å²) in [6.07, 6.45) is 3.29. The Morgan fingerprint density at radius 3 is 2.72 bits per heavy atom. The van der Waals surface area contributed by atoms with Crippen molar-refractivity contribution in [3.63, 3.8) is 0 Å². The summed E-state index contributed by atoms with van der Waals surface area (Å²) >= 11 is 0. The first-order valence-corrected chi connectivity index (χ1v) is 9.48. The van der Waals surface area contributed by atoms with Gasteiger partial charge in [-0.05, 0) is 46.1 Å². The Morgan fingerprint density at radius 1 is 1.44 bits per heavy atom. The summed E-state index contributed by atoms with van der Waals surface area (Å²) < 4.78 is 18.0. The Kier molecular flexibility index (Phi) is 6.10. The zero-order chi connectivity index (χ0) is 18.6. The molecule has 2 unspecified atom stereocenters. The summed E-state index contributed by atoms with van der Waals surface area (Å²) in [6, 6.07) is 2.49. The molecule has 0 aliphatic carbocycles. The highest BCUT2D eigenvalue weighted by atomic mass is 32.2. The lowest BCUT2D eigenvalue weighted by Crippen LogP contribution is -2.48. The Labute approximate surface area is 149 Å². The van der Waals surface area contributed by atoms with Crippen molar-refractivity contribution in [3.05, 3.63) is 28.4 Å². The van der Waals surface area contributed by atoms with Crippen molar-refractivity contribution in [1.82, 2.24) is 9.88 Å². The molecular weight excluding hydrogens is 346 g/mol. The lowest BCUT2D eigenvalue weighted by Gasteiger charge is -2.36. The molecule has 1 amide bonds. The van der Waals surface area contributed by atoms with Crippen LogP contribution in [0.25, 0.3) is 0 Å². The number of carbonyl (C=O) groups excluding carboxylic acids is 1. The van der Waals surface area contributed by atoms with Crippen LogP contribution in [0.2, 0.25) is 0 Å². The largest absolute Gasteiger partial charge is 0.444 e. The molecule has 0 spiro atoms. The van der Waals surface area contributed by atoms with Crippen molar-refractivity contribution < 1.29 is 18.7 Å². The summed E-state index contributed by atoms with van der Waals surface area (Å²) in [5.74, 6) is 0.240. The molecule has 1 aromatic heterocycles. The van der Waals surface area contributed by atoms with Crippen molar-refractivity contribution in [2.75, 3.05) is 12.3 Å². The average molecular weight is 369 g/mol. The molecule has 0 N–H and O–H groups in total. The molecule has 138 valence electrons. The molecule has 2 atom stereocenters. The first-order chi connectivity index (χ1) is 11.7. The number of piperidine rings is 1. The first-order valence-electron chi connectivity index (χ1n) is 8.16. The van der Waals surface area contributed by atoms with E-state index >= 15 is 0 Å². The van der Waals surface area contributed by atoms with Gasteiger partial charge in [0.2, 0.25) is 0 Å². The maximum Gasteiger partial charge on any atom is 0.410 e. The van der Waals surface area contributed by atoms with Gasteiger partial charge in [-0.2, -0.15) is 0 Å². The predicted octanol–water partition coefficient (Wildman–Crippen LogP) is 2.89. The van der Waals surface area contributed by atoms with E-state index in [1.807, 2.05) is 20.8 Å². The number of hydrogen-bond donors (Lipinski definition) is 0. The predicted molar refractivity (Wildman–Crippen MR) is 92.7 cm³/mol. The van der Waals surface area contributed by atoms with Gasteiger partial charge in [-0.3, -0.25) is 14.3 Å². The fourth-order valence-corrected chi connectivity index (χ4v) is 3.87. The van der Waals surface area contributed by atoms with Gasteiger partial charge in [-0.25, -0.2) is 9.78 Å². The standard InChI is InChI=1S/C16H23N3O5S/c1-16(2,3)24-15(20)18-9-5-4-6-13(18)11-25(23)14-8-7-12(10-17-14)19(21)22/h7-8,10,13H,4-6,9,11H2,1-3H3. The molecule has 2 heterocycles. The number of nitrogens with zero attached hydrogens (tertiary/aromatic N) is 3. The van der Waals surface area contributed by atoms with Crippen molar-refractivity contribution in [2.24, 2.45) is 0 Å². The lowest BCUT2D eigenvalue weighted by atomic mass is 10.0. The van der Waals surface area contributed by atoms with Crippen LogP contribution in [-0.4, -0.2) is 49.0 Å². The van der Waals surface area contributed by atoms with Crippen LogP contribution in [0.1, 0.15) is 40.0 Å². The summed E-state index contributed by atoms with van der Waals surface area (Å²) in [4.78, 5) is 28.0. The van der Waals surface area contributed by atoms with Crippen LogP contribution >= 0.6 is 0 Å². The van der Waals surface area contributed by atoms with Gasteiger partial charge < -0.3 is 9.64 Å². The fourth-order valence-electron chi connectivity index (χ4n) is 2.61. The van der Waals surface area contributed by atoms with E-state index in [4.69, 9.17) is 4.74 Å². The van der Waals surface area contributed by atoms with Gasteiger partial charge in [0.15, 0.2) is 0 Å². The number of amides is 1. The third-order valence-corrected chi connectivity index (χ3v) is 5.16. The minimum Gasteiger partial charge on any atom is -0.444 e. The maximum absolute atomic E-state index is 12.5. The summed E-state index contributed by atoms with van der Waals surface area (Å²) in [5.41, 5.74) is -0.730. The second-order valence-electron chi connectivity index (χ2n) is 6.95. The average Bonchev–Trinajstić information content (AvgIpc) is 2.53. The van der Waals surface area contributed by atoms with Crippen LogP contribution in [0, 0.1) is 10.1 Å². The first kappa shape index (κ1) is 19.3. The second-order valence-corrected chi connectivity index (χ2v) is 8.39. The summed E-state index contributed by atoms with van der Waals surface area (Å²) in [5, 5.41) is 10.9. The van der Waals surface area contributed by atoms with E-state index in [0.717, 1.165) is 25.5 Å². The van der Waals surface area contributed by atoms with Gasteiger partial charge in [-0.15, -0.1) is 0 Å². The molecule has 1 aliphatic rings. The Hall–Kier alpha value is -2.03. The highest BCUT2D eigenvalue weighted by Crippen LogP contribution is 2.22. The van der Waals surface area contributed by atoms with Crippen molar-refractivity contribution in [2.45, 2.75) is 56.7 Å². The Morgan fingerprint density at radius 2 is 2.16 bits per heavy atom. The van der Waals surface area contributed by atoms with E-state index < -0.39 is 27.4 Å². The number of nitro groups is 1. The number of hydrogen-bond acceptors (Lipinski definition) is 6. The van der Waals surface area contributed by atoms with Gasteiger partial charge >= 0.3 is 6.09 Å². The molecule has 0 saturated carbocycles. The minimum absolute atomic E-state index is 0.145. The van der Waals surface area contributed by atoms with E-state index in [1.54, 1.807) is 4.90 Å². The van der Waals surface area contributed by atoms with Crippen LogP contribution in [0.3, 0.4) is 0 Å². The molecule has 0 radical (unpaired) electrons. The van der Waals surface area contributed by atoms with Crippen LogP contribution < -0.4 is 0 Å². The lowest BCUT2D eigenvalue weighted by molar-refractivity contribution is -0.385. The number of carbonyl (C=O) groups is 1. The fraction of sp³-hybridized carbons (Fsp3) is 0.625. The Balaban J connectivity index is 2.06. The van der Waals surface area contributed by atoms with Crippen LogP contribution in [0.4, 0.5) is 10.5 Å². The topological polar surface area (TPSA) is 103 Å². The van der Waals surface area contributed by atoms with Crippen molar-refractivity contribution >= 4 is 22.6 Å². The molecule has 1 aromatic rings. The number of rotatable bonds is 4. The zero-order valence-electron chi connectivity index (χ0n) is 14.6. The molecule has 0 bridgehead atoms. The molecule has 25 heavy (non-hydrogen) atoms. The van der Waals surface area contributed by atoms with Crippen LogP contribution in [0.5, 0.6) is 0 Å². The molecule has 1 aliphatic heterocycles. The normalized spacial score (nSPS) is 19.3. The quantitative estimate of drug-likeness (QED) is 0.597. The number of likely N-dealkylation sites (tertiary alicyclic amines) is 1. The molecule has 0 aromatic carbocycles. The van der Waals surface area contributed by atoms with E-state index in [1.165, 1.54) is 12.1 Å². The molecule has 9 heteroatoms. The smallest absolute Gasteiger partial charge is 0.410 e. The van der Waals surface area contributed by atoms with E-state index in [-0.39, 0.29) is 22.5 Å². The van der Waals surface area contributed by atoms with Gasteiger partial charge in [0, 0.05) is 18.7 Å². The number of aromatic nitrogens is 1. The SMILES string of the molecule is CC(C)(C)OC(=O)N1CCCCC1CS(=O)c1ccc([N+](=O)[O-])cn1. The zero-order valence-corrected chi connectivity index (χ0v) is 15.5. The third-order valence-electron chi connectivity index (χ3n) is 3.76. The van der Waals surface area contributed by atoms with E-state index in [2.05, 4.69) is 4.98 Å². The molecule has 8 nitrogen and oxygen atoms in total. The Bertz CT molecular complexity index is 657. The van der Waals surface area contributed by atoms with Gasteiger partial charge in [0.1, 0.15) is 16.8 Å². The van der Waals surface area contributed by atoms with Gasteiger partial charge in [0.05, 0.1) is 21.5 Å². The molecular formula is C16H23N3O5S. The van der Waals surface area contributed by atoms with E-state index in [9.17, 15) is 19.1 Å². The van der Waals surface area contributed by atoms with Gasteiger partial charge in [-0.1, -0.05) is 0 Å². The third kappa shape index (κ3) is 5.48. The molecule has 2 rings (SSSR count). The maximum atomic E-state index is 12.5. The van der Waals surface area contributed by atoms with Crippen molar-refractivity contribution in [3.8, 4) is 0 Å². The number of ether oxygens (including phenoxy) is 1. The molecule has 1 saturated heterocycles. The van der Waals surface area contributed by atoms with Gasteiger partial charge in [0.25, 0.3) is 5.69 Å². The van der Waals surface area contributed by atoms with E-state index in [0.29, 0.717) is 6.54 Å². The highest BCUT2D eigenvalue weighted by molar-refractivity contribution is 7.85.